The predicted octanol–water partition coefficient (Wildman–Crippen LogP) is 3.85. The lowest BCUT2D eigenvalue weighted by Crippen LogP contribution is -2.49. The zero-order valence-electron chi connectivity index (χ0n) is 18.0. The van der Waals surface area contributed by atoms with Crippen molar-refractivity contribution in [3.8, 4) is 0 Å². The smallest absolute Gasteiger partial charge is 0.363 e. The highest BCUT2D eigenvalue weighted by atomic mass is 32.3. The van der Waals surface area contributed by atoms with Gasteiger partial charge in [-0.1, -0.05) is 34.1 Å². The van der Waals surface area contributed by atoms with Gasteiger partial charge in [-0.25, -0.2) is 4.18 Å². The Balaban J connectivity index is 3.21. The van der Waals surface area contributed by atoms with Crippen LogP contribution in [-0.4, -0.2) is 44.0 Å². The van der Waals surface area contributed by atoms with E-state index in [1.807, 2.05) is 0 Å². The molecule has 13 atom stereocenters. The van der Waals surface area contributed by atoms with Gasteiger partial charge < -0.3 is 18.1 Å². The number of hydrogen-bond donors (Lipinski definition) is 1. The Morgan fingerprint density at radius 2 is 1.63 bits per heavy atom. The molecule has 0 aromatic heterocycles. The van der Waals surface area contributed by atoms with Gasteiger partial charge in [0.15, 0.2) is 0 Å². The van der Waals surface area contributed by atoms with Crippen molar-refractivity contribution in [2.24, 2.45) is 29.6 Å². The van der Waals surface area contributed by atoms with E-state index >= 15 is 0 Å². The van der Waals surface area contributed by atoms with Crippen LogP contribution in [-0.2, 0) is 32.7 Å². The molecular weight excluding hydrogens is 488 g/mol. The molecule has 1 N–H and O–H groups in total. The second kappa shape index (κ2) is 14.0. The summed E-state index contributed by atoms with van der Waals surface area (Å²) in [4.78, 5) is 0. The van der Waals surface area contributed by atoms with Crippen LogP contribution in [0.4, 0.5) is 0 Å². The molecule has 0 saturated heterocycles. The summed E-state index contributed by atoms with van der Waals surface area (Å²) in [5.41, 5.74) is 0. The van der Waals surface area contributed by atoms with Crippen molar-refractivity contribution in [3.05, 3.63) is 0 Å². The SMILES string of the molecule is CCC(C)C1C(CC(OP)C(OS(=O)(=O)O)C(OP)C(COP)OP)CC(C)C1C. The fourth-order valence-corrected chi connectivity index (χ4v) is 6.42. The van der Waals surface area contributed by atoms with Crippen molar-refractivity contribution in [3.63, 3.8) is 0 Å². The molecule has 0 aliphatic heterocycles. The fourth-order valence-electron chi connectivity index (χ4n) is 4.88. The van der Waals surface area contributed by atoms with Crippen LogP contribution in [0.5, 0.6) is 0 Å². The summed E-state index contributed by atoms with van der Waals surface area (Å²) in [5, 5.41) is 0. The van der Waals surface area contributed by atoms with Crippen molar-refractivity contribution in [2.45, 2.75) is 71.4 Å². The van der Waals surface area contributed by atoms with E-state index < -0.39 is 34.8 Å². The molecule has 0 spiro atoms. The molecule has 0 heterocycles. The van der Waals surface area contributed by atoms with Crippen molar-refractivity contribution < 1.29 is 35.2 Å². The molecule has 30 heavy (non-hydrogen) atoms. The Kier molecular flexibility index (Phi) is 13.7. The molecule has 0 aromatic rings. The van der Waals surface area contributed by atoms with Crippen LogP contribution in [0.2, 0.25) is 0 Å². The zero-order chi connectivity index (χ0) is 23.1. The highest BCUT2D eigenvalue weighted by Gasteiger charge is 2.45. The Hall–Kier alpha value is 1.43. The van der Waals surface area contributed by atoms with Crippen LogP contribution in [0.15, 0.2) is 0 Å². The van der Waals surface area contributed by atoms with Gasteiger partial charge in [-0.3, -0.25) is 4.55 Å². The molecular formula is C17H38O8P4S. The van der Waals surface area contributed by atoms with Gasteiger partial charge in [-0.2, -0.15) is 8.42 Å². The van der Waals surface area contributed by atoms with Gasteiger partial charge in [0.1, 0.15) is 18.3 Å². The fraction of sp³-hybridized carbons (Fsp3) is 1.00. The Morgan fingerprint density at radius 3 is 2.07 bits per heavy atom. The highest BCUT2D eigenvalue weighted by molar-refractivity contribution is 7.80. The molecule has 0 aromatic carbocycles. The minimum absolute atomic E-state index is 0.0924. The minimum atomic E-state index is -4.77. The lowest BCUT2D eigenvalue weighted by molar-refractivity contribution is -0.0690. The van der Waals surface area contributed by atoms with Crippen molar-refractivity contribution in [1.82, 2.24) is 0 Å². The predicted molar refractivity (Wildman–Crippen MR) is 130 cm³/mol. The summed E-state index contributed by atoms with van der Waals surface area (Å²) in [7, 11) is 3.74. The maximum absolute atomic E-state index is 11.6. The first kappa shape index (κ1) is 29.5. The maximum atomic E-state index is 11.6. The van der Waals surface area contributed by atoms with E-state index in [0.717, 1.165) is 12.8 Å². The third-order valence-electron chi connectivity index (χ3n) is 6.62. The number of rotatable bonds is 14. The van der Waals surface area contributed by atoms with Crippen molar-refractivity contribution in [1.29, 1.82) is 0 Å². The summed E-state index contributed by atoms with van der Waals surface area (Å²) in [5.74, 6) is 2.45. The molecule has 1 fully saturated rings. The lowest BCUT2D eigenvalue weighted by Gasteiger charge is -2.36. The standard InChI is InChI=1S/C17H38O8P4S/c1-5-9(2)15-11(4)10(3)6-12(15)7-13(22-27)17(25-30(18,19)20)16(24-29)14(23-28)8-21-26/h9-17H,5-8,26-29H2,1-4H3,(H,18,19,20). The molecule has 13 heteroatoms. The summed E-state index contributed by atoms with van der Waals surface area (Å²) in [6.45, 7) is 9.08. The second-order valence-electron chi connectivity index (χ2n) is 8.30. The van der Waals surface area contributed by atoms with Crippen LogP contribution in [0.25, 0.3) is 0 Å². The number of hydrogen-bond acceptors (Lipinski definition) is 7. The largest absolute Gasteiger partial charge is 0.397 e. The topological polar surface area (TPSA) is 101 Å². The van der Waals surface area contributed by atoms with E-state index in [0.29, 0.717) is 36.0 Å². The van der Waals surface area contributed by atoms with E-state index in [2.05, 4.69) is 65.6 Å². The van der Waals surface area contributed by atoms with Crippen molar-refractivity contribution >= 4 is 48.3 Å². The van der Waals surface area contributed by atoms with E-state index in [1.54, 1.807) is 0 Å². The summed E-state index contributed by atoms with van der Waals surface area (Å²) < 4.78 is 59.2. The Labute approximate surface area is 191 Å². The molecule has 0 amide bonds. The highest BCUT2D eigenvalue weighted by Crippen LogP contribution is 2.48. The van der Waals surface area contributed by atoms with Crippen LogP contribution in [0, 0.1) is 29.6 Å². The van der Waals surface area contributed by atoms with Crippen LogP contribution in [0.3, 0.4) is 0 Å². The molecule has 1 saturated carbocycles. The third-order valence-corrected chi connectivity index (χ3v) is 8.29. The first-order valence-corrected chi connectivity index (χ1v) is 13.3. The van der Waals surface area contributed by atoms with Crippen LogP contribution >= 0.6 is 37.9 Å². The van der Waals surface area contributed by atoms with Gasteiger partial charge in [0.25, 0.3) is 0 Å². The zero-order valence-corrected chi connectivity index (χ0v) is 23.5. The first-order chi connectivity index (χ1) is 14.0. The van der Waals surface area contributed by atoms with E-state index in [9.17, 15) is 13.0 Å². The molecule has 1 aliphatic carbocycles. The van der Waals surface area contributed by atoms with Gasteiger partial charge in [-0.05, 0) is 42.4 Å². The van der Waals surface area contributed by atoms with E-state index in [-0.39, 0.29) is 6.61 Å². The molecule has 8 nitrogen and oxygen atoms in total. The van der Waals surface area contributed by atoms with Gasteiger partial charge in [0.2, 0.25) is 0 Å². The molecule has 13 unspecified atom stereocenters. The van der Waals surface area contributed by atoms with Crippen LogP contribution in [0.1, 0.15) is 47.0 Å². The average Bonchev–Trinajstić information content (AvgIpc) is 2.96. The molecule has 1 aliphatic rings. The maximum Gasteiger partial charge on any atom is 0.397 e. The van der Waals surface area contributed by atoms with E-state index in [4.69, 9.17) is 22.3 Å². The minimum Gasteiger partial charge on any atom is -0.363 e. The first-order valence-electron chi connectivity index (χ1n) is 10.1. The molecule has 1 rings (SSSR count). The summed E-state index contributed by atoms with van der Waals surface area (Å²) in [6, 6.07) is 0. The van der Waals surface area contributed by atoms with Gasteiger partial charge in [0.05, 0.1) is 12.7 Å². The van der Waals surface area contributed by atoms with Gasteiger partial charge >= 0.3 is 10.4 Å². The summed E-state index contributed by atoms with van der Waals surface area (Å²) in [6.07, 6.45) is -0.771. The van der Waals surface area contributed by atoms with Gasteiger partial charge in [0, 0.05) is 37.9 Å². The third kappa shape index (κ3) is 8.33. The van der Waals surface area contributed by atoms with Crippen molar-refractivity contribution in [2.75, 3.05) is 6.61 Å². The second-order valence-corrected chi connectivity index (χ2v) is 10.5. The Bertz CT molecular complexity index is 598. The lowest BCUT2D eigenvalue weighted by atomic mass is 9.76. The molecule has 0 bridgehead atoms. The molecule has 0 radical (unpaired) electrons. The quantitative estimate of drug-likeness (QED) is 0.269. The van der Waals surface area contributed by atoms with E-state index in [1.165, 1.54) is 0 Å². The average molecular weight is 526 g/mol. The Morgan fingerprint density at radius 1 is 1.03 bits per heavy atom. The van der Waals surface area contributed by atoms with Crippen LogP contribution < -0.4 is 0 Å². The monoisotopic (exact) mass is 526 g/mol. The molecule has 180 valence electrons. The normalized spacial score (nSPS) is 30.0. The van der Waals surface area contributed by atoms with Gasteiger partial charge in [-0.15, -0.1) is 0 Å². The summed E-state index contributed by atoms with van der Waals surface area (Å²) >= 11 is 0.